The number of nitrogens with one attached hydrogen (secondary N) is 2. The Morgan fingerprint density at radius 3 is 2.52 bits per heavy atom. The average molecular weight is 438 g/mol. The smallest absolute Gasteiger partial charge is 0.255 e. The maximum absolute atomic E-state index is 13.5. The van der Waals surface area contributed by atoms with E-state index in [1.807, 2.05) is 54.6 Å². The van der Waals surface area contributed by atoms with Gasteiger partial charge in [0.15, 0.2) is 0 Å². The molecule has 5 nitrogen and oxygen atoms in total. The lowest BCUT2D eigenvalue weighted by molar-refractivity contribution is -0.122. The number of para-hydroxylation sites is 1. The number of benzene rings is 3. The van der Waals surface area contributed by atoms with Crippen molar-refractivity contribution in [1.82, 2.24) is 15.2 Å². The predicted molar refractivity (Wildman–Crippen MR) is 131 cm³/mol. The van der Waals surface area contributed by atoms with Gasteiger partial charge >= 0.3 is 0 Å². The van der Waals surface area contributed by atoms with E-state index in [1.165, 1.54) is 0 Å². The van der Waals surface area contributed by atoms with Gasteiger partial charge in [0, 0.05) is 28.6 Å². The lowest BCUT2D eigenvalue weighted by Gasteiger charge is -2.26. The number of rotatable bonds is 7. The molecule has 1 aliphatic heterocycles. The number of aromatic nitrogens is 1. The summed E-state index contributed by atoms with van der Waals surface area (Å²) in [4.78, 5) is 31.6. The van der Waals surface area contributed by atoms with Crippen LogP contribution in [0.2, 0.25) is 0 Å². The summed E-state index contributed by atoms with van der Waals surface area (Å²) in [5.41, 5.74) is 5.65. The Morgan fingerprint density at radius 1 is 0.970 bits per heavy atom. The zero-order valence-electron chi connectivity index (χ0n) is 18.7. The van der Waals surface area contributed by atoms with Crippen LogP contribution < -0.4 is 5.32 Å². The van der Waals surface area contributed by atoms with Crippen molar-refractivity contribution in [3.8, 4) is 11.3 Å². The van der Waals surface area contributed by atoms with Crippen molar-refractivity contribution in [1.29, 1.82) is 0 Å². The monoisotopic (exact) mass is 437 g/mol. The van der Waals surface area contributed by atoms with Gasteiger partial charge in [-0.25, -0.2) is 0 Å². The second-order valence-electron chi connectivity index (χ2n) is 8.45. The lowest BCUT2D eigenvalue weighted by atomic mass is 9.93. The summed E-state index contributed by atoms with van der Waals surface area (Å²) in [6.07, 6.45) is 1.93. The molecule has 1 aliphatic rings. The van der Waals surface area contributed by atoms with Crippen LogP contribution in [-0.2, 0) is 4.79 Å². The Kier molecular flexibility index (Phi) is 5.69. The minimum Gasteiger partial charge on any atom is -0.355 e. The van der Waals surface area contributed by atoms with Crippen LogP contribution in [0, 0.1) is 0 Å². The number of aromatic amines is 1. The maximum atomic E-state index is 13.5. The maximum Gasteiger partial charge on any atom is 0.255 e. The van der Waals surface area contributed by atoms with Crippen LogP contribution in [0.15, 0.2) is 78.9 Å². The van der Waals surface area contributed by atoms with Gasteiger partial charge in [0.05, 0.1) is 11.7 Å². The summed E-state index contributed by atoms with van der Waals surface area (Å²) >= 11 is 0. The number of amides is 2. The number of hydrogen-bond donors (Lipinski definition) is 2. The summed E-state index contributed by atoms with van der Waals surface area (Å²) < 4.78 is 0. The summed E-state index contributed by atoms with van der Waals surface area (Å²) in [5.74, 6) is -0.235. The fraction of sp³-hybridized carbons (Fsp3) is 0.214. The Balaban J connectivity index is 1.66. The Bertz CT molecular complexity index is 1310. The third kappa shape index (κ3) is 3.80. The van der Waals surface area contributed by atoms with Crippen molar-refractivity contribution in [2.24, 2.45) is 0 Å². The van der Waals surface area contributed by atoms with Crippen LogP contribution in [0.1, 0.15) is 47.3 Å². The zero-order chi connectivity index (χ0) is 22.8. The van der Waals surface area contributed by atoms with Crippen molar-refractivity contribution < 1.29 is 9.59 Å². The minimum absolute atomic E-state index is 0.0234. The van der Waals surface area contributed by atoms with Crippen molar-refractivity contribution >= 4 is 22.7 Å². The van der Waals surface area contributed by atoms with E-state index in [0.717, 1.165) is 46.1 Å². The molecule has 0 saturated heterocycles. The highest BCUT2D eigenvalue weighted by atomic mass is 16.2. The standard InChI is InChI=1S/C28H27N3O2/c1-2-3-17-29-24(32)18-31-27(20-13-7-8-14-21(20)28(31)33)25-22-15-9-10-16-23(22)30-26(25)19-11-5-4-6-12-19/h4-16,27,30H,2-3,17-18H2,1H3,(H,29,32). The van der Waals surface area contributed by atoms with E-state index < -0.39 is 0 Å². The number of fused-ring (bicyclic) bond motifs is 2. The molecule has 5 heteroatoms. The Hall–Kier alpha value is -3.86. The molecule has 1 unspecified atom stereocenters. The summed E-state index contributed by atoms with van der Waals surface area (Å²) in [7, 11) is 0. The molecule has 0 radical (unpaired) electrons. The van der Waals surface area contributed by atoms with E-state index in [0.29, 0.717) is 12.1 Å². The Labute approximate surface area is 193 Å². The third-order valence-electron chi connectivity index (χ3n) is 6.31. The van der Waals surface area contributed by atoms with Crippen LogP contribution in [0.4, 0.5) is 0 Å². The first-order chi connectivity index (χ1) is 16.2. The van der Waals surface area contributed by atoms with Crippen LogP contribution in [-0.4, -0.2) is 34.8 Å². The highest BCUT2D eigenvalue weighted by molar-refractivity contribution is 6.03. The van der Waals surface area contributed by atoms with E-state index in [9.17, 15) is 9.59 Å². The second kappa shape index (κ2) is 8.94. The molecule has 2 heterocycles. The van der Waals surface area contributed by atoms with Crippen LogP contribution in [0.25, 0.3) is 22.2 Å². The molecule has 1 atom stereocenters. The zero-order valence-corrected chi connectivity index (χ0v) is 18.7. The fourth-order valence-electron chi connectivity index (χ4n) is 4.74. The van der Waals surface area contributed by atoms with Gasteiger partial charge in [-0.3, -0.25) is 9.59 Å². The molecule has 166 valence electrons. The van der Waals surface area contributed by atoms with Crippen LogP contribution >= 0.6 is 0 Å². The molecule has 4 aromatic rings. The van der Waals surface area contributed by atoms with E-state index in [1.54, 1.807) is 4.90 Å². The van der Waals surface area contributed by atoms with Gasteiger partial charge in [0.1, 0.15) is 6.54 Å². The van der Waals surface area contributed by atoms with E-state index in [-0.39, 0.29) is 24.4 Å². The lowest BCUT2D eigenvalue weighted by Crippen LogP contribution is -2.40. The topological polar surface area (TPSA) is 65.2 Å². The molecular weight excluding hydrogens is 410 g/mol. The van der Waals surface area contributed by atoms with Gasteiger partial charge in [-0.2, -0.15) is 0 Å². The van der Waals surface area contributed by atoms with Gasteiger partial charge in [-0.15, -0.1) is 0 Å². The molecule has 2 amide bonds. The molecule has 2 N–H and O–H groups in total. The van der Waals surface area contributed by atoms with Crippen molar-refractivity contribution in [2.75, 3.05) is 13.1 Å². The number of carbonyl (C=O) groups excluding carboxylic acids is 2. The fourth-order valence-corrected chi connectivity index (χ4v) is 4.74. The van der Waals surface area contributed by atoms with Crippen LogP contribution in [0.5, 0.6) is 0 Å². The number of carbonyl (C=O) groups is 2. The SMILES string of the molecule is CCCCNC(=O)CN1C(=O)c2ccccc2C1c1c(-c2ccccc2)[nH]c2ccccc12. The first kappa shape index (κ1) is 21.0. The number of nitrogens with zero attached hydrogens (tertiary/aromatic N) is 1. The summed E-state index contributed by atoms with van der Waals surface area (Å²) in [6.45, 7) is 2.73. The van der Waals surface area contributed by atoms with Gasteiger partial charge in [-0.1, -0.05) is 80.1 Å². The van der Waals surface area contributed by atoms with Gasteiger partial charge < -0.3 is 15.2 Å². The van der Waals surface area contributed by atoms with Crippen molar-refractivity contribution in [3.63, 3.8) is 0 Å². The molecule has 0 fully saturated rings. The highest BCUT2D eigenvalue weighted by Gasteiger charge is 2.40. The molecule has 33 heavy (non-hydrogen) atoms. The highest BCUT2D eigenvalue weighted by Crippen LogP contribution is 2.45. The van der Waals surface area contributed by atoms with Crippen molar-refractivity contribution in [3.05, 3.63) is 95.6 Å². The molecule has 0 spiro atoms. The van der Waals surface area contributed by atoms with Crippen LogP contribution in [0.3, 0.4) is 0 Å². The molecular formula is C28H27N3O2. The minimum atomic E-state index is -0.350. The molecule has 5 rings (SSSR count). The van der Waals surface area contributed by atoms with Gasteiger partial charge in [-0.05, 0) is 29.7 Å². The van der Waals surface area contributed by atoms with E-state index in [2.05, 4.69) is 41.5 Å². The quantitative estimate of drug-likeness (QED) is 0.386. The summed E-state index contributed by atoms with van der Waals surface area (Å²) in [5, 5.41) is 4.02. The van der Waals surface area contributed by atoms with Crippen molar-refractivity contribution in [2.45, 2.75) is 25.8 Å². The largest absolute Gasteiger partial charge is 0.355 e. The first-order valence-corrected chi connectivity index (χ1v) is 11.5. The molecule has 0 saturated carbocycles. The van der Waals surface area contributed by atoms with Gasteiger partial charge in [0.25, 0.3) is 5.91 Å². The predicted octanol–water partition coefficient (Wildman–Crippen LogP) is 5.30. The Morgan fingerprint density at radius 2 is 1.70 bits per heavy atom. The van der Waals surface area contributed by atoms with Gasteiger partial charge in [0.2, 0.25) is 5.91 Å². The third-order valence-corrected chi connectivity index (χ3v) is 6.31. The molecule has 0 aliphatic carbocycles. The molecule has 3 aromatic carbocycles. The number of H-pyrrole nitrogens is 1. The summed E-state index contributed by atoms with van der Waals surface area (Å²) in [6, 6.07) is 25.7. The van der Waals surface area contributed by atoms with E-state index in [4.69, 9.17) is 0 Å². The number of hydrogen-bond acceptors (Lipinski definition) is 2. The molecule has 0 bridgehead atoms. The first-order valence-electron chi connectivity index (χ1n) is 11.5. The molecule has 1 aromatic heterocycles. The second-order valence-corrected chi connectivity index (χ2v) is 8.45. The average Bonchev–Trinajstić information content (AvgIpc) is 3.35. The number of unbranched alkanes of at least 4 members (excludes halogenated alkanes) is 1. The normalized spacial score (nSPS) is 15.1. The van der Waals surface area contributed by atoms with E-state index >= 15 is 0 Å².